The fourth-order valence-electron chi connectivity index (χ4n) is 1.76. The summed E-state index contributed by atoms with van der Waals surface area (Å²) >= 11 is 0. The number of benzene rings is 1. The second-order valence-electron chi connectivity index (χ2n) is 4.11. The molecule has 0 aliphatic rings. The third-order valence-corrected chi connectivity index (χ3v) is 2.73. The molecule has 0 spiro atoms. The topological polar surface area (TPSA) is 68.5 Å². The predicted octanol–water partition coefficient (Wildman–Crippen LogP) is 2.04. The lowest BCUT2D eigenvalue weighted by atomic mass is 10.2. The summed E-state index contributed by atoms with van der Waals surface area (Å²) < 4.78 is 28.3. The van der Waals surface area contributed by atoms with Crippen LogP contribution in [0.5, 0.6) is 0 Å². The Balaban J connectivity index is 2.16. The molecular weight excluding hydrogens is 278 g/mol. The zero-order chi connectivity index (χ0) is 14.8. The summed E-state index contributed by atoms with van der Waals surface area (Å²) in [5.74, 6) is -0.814. The summed E-state index contributed by atoms with van der Waals surface area (Å²) in [6.07, 6.45) is 3.22. The highest BCUT2D eigenvalue weighted by Crippen LogP contribution is 2.21. The maximum Gasteiger partial charge on any atom is 0.255 e. The first-order valence-corrected chi connectivity index (χ1v) is 6.06. The quantitative estimate of drug-likeness (QED) is 0.798. The number of halogens is 2. The second-order valence-corrected chi connectivity index (χ2v) is 4.11. The molecule has 21 heavy (non-hydrogen) atoms. The average Bonchev–Trinajstić information content (AvgIpc) is 3.01. The molecule has 0 aliphatic carbocycles. The van der Waals surface area contributed by atoms with Crippen LogP contribution in [0.15, 0.2) is 36.7 Å². The number of nitrogens with one attached hydrogen (secondary N) is 1. The van der Waals surface area contributed by atoms with Crippen LogP contribution in [0.2, 0.25) is 0 Å². The fourth-order valence-corrected chi connectivity index (χ4v) is 1.76. The van der Waals surface area contributed by atoms with Crippen LogP contribution < -0.4 is 5.32 Å². The highest BCUT2D eigenvalue weighted by atomic mass is 19.1. The number of hydrogen-bond donors (Lipinski definition) is 1. The molecule has 0 radical (unpaired) electrons. The highest BCUT2D eigenvalue weighted by Gasteiger charge is 2.13. The van der Waals surface area contributed by atoms with E-state index < -0.39 is 11.6 Å². The van der Waals surface area contributed by atoms with Crippen LogP contribution in [-0.2, 0) is 0 Å². The van der Waals surface area contributed by atoms with Gasteiger partial charge in [-0.25, -0.2) is 13.5 Å². The van der Waals surface area contributed by atoms with Gasteiger partial charge in [-0.1, -0.05) is 0 Å². The van der Waals surface area contributed by atoms with E-state index in [0.29, 0.717) is 0 Å². The summed E-state index contributed by atoms with van der Waals surface area (Å²) in [5, 5.41) is 6.79. The van der Waals surface area contributed by atoms with Crippen LogP contribution in [0.4, 0.5) is 14.7 Å². The molecule has 2 heterocycles. The van der Waals surface area contributed by atoms with Gasteiger partial charge in [-0.3, -0.25) is 0 Å². The van der Waals surface area contributed by atoms with E-state index in [-0.39, 0.29) is 23.3 Å². The first kappa shape index (κ1) is 13.1. The largest absolute Gasteiger partial charge is 0.357 e. The number of aromatic nitrogens is 5. The SMILES string of the molecule is CNc1nc(-c2ccc(F)cc2F)nc(-n2cccn2)n1. The molecule has 0 amide bonds. The standard InChI is InChI=1S/C13H10F2N6/c1-16-12-18-11(9-4-3-8(14)7-10(9)15)19-13(20-12)21-6-2-5-17-21/h2-7H,1H3,(H,16,18,19,20). The second kappa shape index (κ2) is 5.23. The van der Waals surface area contributed by atoms with E-state index >= 15 is 0 Å². The Bertz CT molecular complexity index is 772. The van der Waals surface area contributed by atoms with Crippen LogP contribution >= 0.6 is 0 Å². The number of nitrogens with zero attached hydrogens (tertiary/aromatic N) is 5. The maximum atomic E-state index is 13.9. The molecule has 0 bridgehead atoms. The Kier molecular flexibility index (Phi) is 3.27. The van der Waals surface area contributed by atoms with Crippen molar-refractivity contribution in [1.82, 2.24) is 24.7 Å². The smallest absolute Gasteiger partial charge is 0.255 e. The van der Waals surface area contributed by atoms with Gasteiger partial charge in [0.15, 0.2) is 5.82 Å². The minimum absolute atomic E-state index is 0.0868. The zero-order valence-electron chi connectivity index (χ0n) is 11.0. The van der Waals surface area contributed by atoms with Crippen LogP contribution in [0.1, 0.15) is 0 Å². The molecule has 1 N–H and O–H groups in total. The van der Waals surface area contributed by atoms with Crippen molar-refractivity contribution in [2.45, 2.75) is 0 Å². The lowest BCUT2D eigenvalue weighted by Gasteiger charge is -2.07. The minimum atomic E-state index is -0.741. The van der Waals surface area contributed by atoms with E-state index in [1.165, 1.54) is 10.7 Å². The molecule has 0 fully saturated rings. The van der Waals surface area contributed by atoms with Crippen molar-refractivity contribution in [3.8, 4) is 17.3 Å². The van der Waals surface area contributed by atoms with Crippen LogP contribution in [0.25, 0.3) is 17.3 Å². The van der Waals surface area contributed by atoms with Crippen molar-refractivity contribution in [2.24, 2.45) is 0 Å². The van der Waals surface area contributed by atoms with Crippen LogP contribution in [0.3, 0.4) is 0 Å². The first-order valence-electron chi connectivity index (χ1n) is 6.06. The third-order valence-electron chi connectivity index (χ3n) is 2.73. The fraction of sp³-hybridized carbons (Fsp3) is 0.0769. The van der Waals surface area contributed by atoms with Gasteiger partial charge in [0.1, 0.15) is 11.6 Å². The van der Waals surface area contributed by atoms with Crippen molar-refractivity contribution < 1.29 is 8.78 Å². The summed E-state index contributed by atoms with van der Waals surface area (Å²) in [5.41, 5.74) is 0.0868. The summed E-state index contributed by atoms with van der Waals surface area (Å²) in [4.78, 5) is 12.4. The monoisotopic (exact) mass is 288 g/mol. The summed E-state index contributed by atoms with van der Waals surface area (Å²) in [7, 11) is 1.63. The number of anilines is 1. The van der Waals surface area contributed by atoms with Crippen molar-refractivity contribution in [3.63, 3.8) is 0 Å². The number of rotatable bonds is 3. The Morgan fingerprint density at radius 2 is 2.00 bits per heavy atom. The van der Waals surface area contributed by atoms with Crippen molar-refractivity contribution in [3.05, 3.63) is 48.3 Å². The van der Waals surface area contributed by atoms with Crippen molar-refractivity contribution in [2.75, 3.05) is 12.4 Å². The molecule has 106 valence electrons. The normalized spacial score (nSPS) is 10.6. The molecule has 3 aromatic rings. The van der Waals surface area contributed by atoms with E-state index in [2.05, 4.69) is 25.4 Å². The van der Waals surface area contributed by atoms with Gasteiger partial charge in [-0.2, -0.15) is 20.1 Å². The van der Waals surface area contributed by atoms with E-state index in [4.69, 9.17) is 0 Å². The Morgan fingerprint density at radius 1 is 1.14 bits per heavy atom. The molecule has 0 aliphatic heterocycles. The van der Waals surface area contributed by atoms with Gasteiger partial charge in [0.25, 0.3) is 5.95 Å². The third kappa shape index (κ3) is 2.55. The Morgan fingerprint density at radius 3 is 2.67 bits per heavy atom. The summed E-state index contributed by atoms with van der Waals surface area (Å²) in [6, 6.07) is 4.92. The lowest BCUT2D eigenvalue weighted by molar-refractivity contribution is 0.584. The molecule has 2 aromatic heterocycles. The van der Waals surface area contributed by atoms with Crippen molar-refractivity contribution in [1.29, 1.82) is 0 Å². The van der Waals surface area contributed by atoms with Gasteiger partial charge in [0.2, 0.25) is 5.95 Å². The molecule has 0 atom stereocenters. The average molecular weight is 288 g/mol. The van der Waals surface area contributed by atoms with E-state index in [9.17, 15) is 8.78 Å². The van der Waals surface area contributed by atoms with E-state index in [1.54, 1.807) is 25.5 Å². The molecular formula is C13H10F2N6. The summed E-state index contributed by atoms with van der Waals surface area (Å²) in [6.45, 7) is 0. The van der Waals surface area contributed by atoms with Gasteiger partial charge >= 0.3 is 0 Å². The molecule has 0 unspecified atom stereocenters. The molecule has 3 rings (SSSR count). The molecule has 0 saturated heterocycles. The molecule has 8 heteroatoms. The minimum Gasteiger partial charge on any atom is -0.357 e. The van der Waals surface area contributed by atoms with Gasteiger partial charge in [0.05, 0.1) is 5.56 Å². The van der Waals surface area contributed by atoms with Crippen LogP contribution in [0, 0.1) is 11.6 Å². The molecule has 6 nitrogen and oxygen atoms in total. The van der Waals surface area contributed by atoms with E-state index in [0.717, 1.165) is 12.1 Å². The first-order chi connectivity index (χ1) is 10.2. The van der Waals surface area contributed by atoms with E-state index in [1.807, 2.05) is 0 Å². The Labute approximate surface area is 118 Å². The van der Waals surface area contributed by atoms with Gasteiger partial charge in [-0.05, 0) is 18.2 Å². The highest BCUT2D eigenvalue weighted by molar-refractivity contribution is 5.57. The van der Waals surface area contributed by atoms with Gasteiger partial charge < -0.3 is 5.32 Å². The molecule has 1 aromatic carbocycles. The molecule has 0 saturated carbocycles. The van der Waals surface area contributed by atoms with Gasteiger partial charge in [0, 0.05) is 25.5 Å². The van der Waals surface area contributed by atoms with Crippen molar-refractivity contribution >= 4 is 5.95 Å². The maximum absolute atomic E-state index is 13.9. The predicted molar refractivity (Wildman–Crippen MR) is 71.8 cm³/mol. The van der Waals surface area contributed by atoms with Gasteiger partial charge in [-0.15, -0.1) is 0 Å². The lowest BCUT2D eigenvalue weighted by Crippen LogP contribution is -2.08. The Hall–Kier alpha value is -2.90. The zero-order valence-corrected chi connectivity index (χ0v) is 11.0. The number of hydrogen-bond acceptors (Lipinski definition) is 5. The van der Waals surface area contributed by atoms with Crippen LogP contribution in [-0.4, -0.2) is 31.8 Å².